The molecule has 0 radical (unpaired) electrons. The van der Waals surface area contributed by atoms with Gasteiger partial charge in [-0.25, -0.2) is 0 Å². The third-order valence-corrected chi connectivity index (χ3v) is 5.84. The number of carbonyl (C=O) groups is 1. The van der Waals surface area contributed by atoms with Gasteiger partial charge >= 0.3 is 0 Å². The third-order valence-electron chi connectivity index (χ3n) is 5.84. The average Bonchev–Trinajstić information content (AvgIpc) is 3.28. The van der Waals surface area contributed by atoms with Crippen molar-refractivity contribution in [1.82, 2.24) is 15.0 Å². The van der Waals surface area contributed by atoms with Crippen LogP contribution in [-0.4, -0.2) is 34.0 Å². The summed E-state index contributed by atoms with van der Waals surface area (Å²) in [5.41, 5.74) is 3.24. The fraction of sp³-hybridized carbons (Fsp3) is 0.192. The van der Waals surface area contributed by atoms with E-state index >= 15 is 0 Å². The fourth-order valence-electron chi connectivity index (χ4n) is 4.05. The highest BCUT2D eigenvalue weighted by Crippen LogP contribution is 2.32. The number of rotatable bonds is 6. The smallest absolute Gasteiger partial charge is 0.233 e. The minimum atomic E-state index is 0.0436. The first-order valence-corrected chi connectivity index (χ1v) is 10.5. The van der Waals surface area contributed by atoms with Crippen LogP contribution in [-0.2, 0) is 4.79 Å². The molecule has 2 heterocycles. The van der Waals surface area contributed by atoms with Crippen LogP contribution in [0.4, 0.5) is 0 Å². The highest BCUT2D eigenvalue weighted by atomic mass is 16.5. The van der Waals surface area contributed by atoms with E-state index in [2.05, 4.69) is 34.4 Å². The molecule has 1 aliphatic rings. The zero-order chi connectivity index (χ0) is 21.0. The number of carbonyl (C=O) groups excluding carboxylic acids is 1. The molecule has 1 amide bonds. The Morgan fingerprint density at radius 1 is 0.871 bits per heavy atom. The van der Waals surface area contributed by atoms with Crippen molar-refractivity contribution in [2.24, 2.45) is 0 Å². The zero-order valence-electron chi connectivity index (χ0n) is 17.1. The molecule has 4 aromatic rings. The van der Waals surface area contributed by atoms with Crippen molar-refractivity contribution in [1.29, 1.82) is 0 Å². The number of benzene rings is 3. The van der Waals surface area contributed by atoms with Gasteiger partial charge in [-0.1, -0.05) is 96.2 Å². The molecule has 31 heavy (non-hydrogen) atoms. The second-order valence-corrected chi connectivity index (χ2v) is 7.90. The zero-order valence-corrected chi connectivity index (χ0v) is 17.1. The van der Waals surface area contributed by atoms with Gasteiger partial charge in [0.1, 0.15) is 0 Å². The summed E-state index contributed by atoms with van der Waals surface area (Å²) in [4.78, 5) is 19.5. The summed E-state index contributed by atoms with van der Waals surface area (Å²) in [5, 5.41) is 4.10. The van der Waals surface area contributed by atoms with E-state index in [0.29, 0.717) is 31.2 Å². The Hall–Kier alpha value is -3.73. The second-order valence-electron chi connectivity index (χ2n) is 7.90. The van der Waals surface area contributed by atoms with Crippen molar-refractivity contribution in [2.45, 2.75) is 18.3 Å². The van der Waals surface area contributed by atoms with Gasteiger partial charge in [0.05, 0.1) is 5.92 Å². The van der Waals surface area contributed by atoms with E-state index in [4.69, 9.17) is 4.52 Å². The Labute approximate surface area is 181 Å². The molecule has 1 fully saturated rings. The van der Waals surface area contributed by atoms with Gasteiger partial charge in [0.15, 0.2) is 0 Å². The number of aromatic nitrogens is 2. The Morgan fingerprint density at radius 3 is 2.00 bits per heavy atom. The Balaban J connectivity index is 1.25. The lowest BCUT2D eigenvalue weighted by atomic mass is 9.87. The predicted molar refractivity (Wildman–Crippen MR) is 118 cm³/mol. The minimum absolute atomic E-state index is 0.0436. The van der Waals surface area contributed by atoms with E-state index in [0.717, 1.165) is 16.7 Å². The maximum absolute atomic E-state index is 13.0. The first-order valence-electron chi connectivity index (χ1n) is 10.5. The minimum Gasteiger partial charge on any atom is -0.341 e. The van der Waals surface area contributed by atoms with Gasteiger partial charge in [-0.15, -0.1) is 0 Å². The van der Waals surface area contributed by atoms with Crippen LogP contribution < -0.4 is 0 Å². The molecule has 5 nitrogen and oxygen atoms in total. The Kier molecular flexibility index (Phi) is 5.31. The molecule has 154 valence electrons. The maximum atomic E-state index is 13.0. The summed E-state index contributed by atoms with van der Waals surface area (Å²) in [5.74, 6) is 1.48. The summed E-state index contributed by atoms with van der Waals surface area (Å²) in [7, 11) is 0. The molecule has 5 heteroatoms. The topological polar surface area (TPSA) is 59.2 Å². The molecule has 0 aliphatic carbocycles. The van der Waals surface area contributed by atoms with Crippen molar-refractivity contribution < 1.29 is 9.32 Å². The van der Waals surface area contributed by atoms with E-state index in [1.54, 1.807) is 0 Å². The number of hydrogen-bond donors (Lipinski definition) is 0. The largest absolute Gasteiger partial charge is 0.341 e. The van der Waals surface area contributed by atoms with Crippen molar-refractivity contribution >= 4 is 5.91 Å². The van der Waals surface area contributed by atoms with E-state index in [9.17, 15) is 4.79 Å². The van der Waals surface area contributed by atoms with Crippen LogP contribution in [0, 0.1) is 0 Å². The molecule has 0 bridgehead atoms. The SMILES string of the molecule is O=C(CC(c1ccccc1)c1ccccc1)N1CC(c2nc(-c3ccccc3)no2)C1. The van der Waals surface area contributed by atoms with Crippen molar-refractivity contribution in [3.05, 3.63) is 108 Å². The van der Waals surface area contributed by atoms with Crippen molar-refractivity contribution in [3.8, 4) is 11.4 Å². The van der Waals surface area contributed by atoms with Crippen LogP contribution in [0.25, 0.3) is 11.4 Å². The average molecular weight is 409 g/mol. The third kappa shape index (κ3) is 4.12. The molecule has 0 atom stereocenters. The molecular weight excluding hydrogens is 386 g/mol. The van der Waals surface area contributed by atoms with Gasteiger partial charge < -0.3 is 9.42 Å². The number of likely N-dealkylation sites (tertiary alicyclic amines) is 1. The first-order chi connectivity index (χ1) is 15.3. The van der Waals surface area contributed by atoms with E-state index in [1.807, 2.05) is 71.6 Å². The fourth-order valence-corrected chi connectivity index (χ4v) is 4.05. The van der Waals surface area contributed by atoms with Crippen LogP contribution in [0.5, 0.6) is 0 Å². The van der Waals surface area contributed by atoms with Crippen LogP contribution in [0.2, 0.25) is 0 Å². The second kappa shape index (κ2) is 8.56. The molecule has 0 N–H and O–H groups in total. The highest BCUT2D eigenvalue weighted by Gasteiger charge is 2.36. The van der Waals surface area contributed by atoms with Gasteiger partial charge in [0.25, 0.3) is 0 Å². The normalized spacial score (nSPS) is 13.9. The maximum Gasteiger partial charge on any atom is 0.233 e. The van der Waals surface area contributed by atoms with Gasteiger partial charge in [-0.2, -0.15) is 4.98 Å². The Morgan fingerprint density at radius 2 is 1.42 bits per heavy atom. The van der Waals surface area contributed by atoms with Gasteiger partial charge in [-0.05, 0) is 11.1 Å². The Bertz CT molecular complexity index is 1100. The van der Waals surface area contributed by atoms with Crippen LogP contribution in [0.3, 0.4) is 0 Å². The summed E-state index contributed by atoms with van der Waals surface area (Å²) in [6.45, 7) is 1.23. The van der Waals surface area contributed by atoms with Crippen molar-refractivity contribution in [2.75, 3.05) is 13.1 Å². The molecular formula is C26H23N3O2. The standard InChI is InChI=1S/C26H23N3O2/c30-24(16-23(19-10-4-1-5-11-19)20-12-6-2-7-13-20)29-17-22(18-29)26-27-25(28-31-26)21-14-8-3-9-15-21/h1-15,22-23H,16-18H2. The summed E-state index contributed by atoms with van der Waals surface area (Å²) >= 11 is 0. The molecule has 3 aromatic carbocycles. The molecule has 0 saturated carbocycles. The van der Waals surface area contributed by atoms with Crippen molar-refractivity contribution in [3.63, 3.8) is 0 Å². The number of amides is 1. The monoisotopic (exact) mass is 409 g/mol. The van der Waals surface area contributed by atoms with E-state index in [-0.39, 0.29) is 17.7 Å². The molecule has 0 unspecified atom stereocenters. The van der Waals surface area contributed by atoms with E-state index < -0.39 is 0 Å². The molecule has 0 spiro atoms. The molecule has 1 saturated heterocycles. The molecule has 1 aromatic heterocycles. The molecule has 5 rings (SSSR count). The van der Waals surface area contributed by atoms with Gasteiger partial charge in [-0.3, -0.25) is 4.79 Å². The summed E-state index contributed by atoms with van der Waals surface area (Å²) < 4.78 is 5.47. The van der Waals surface area contributed by atoms with Gasteiger partial charge in [0, 0.05) is 31.0 Å². The first kappa shape index (κ1) is 19.2. The van der Waals surface area contributed by atoms with E-state index in [1.165, 1.54) is 0 Å². The van der Waals surface area contributed by atoms with Crippen LogP contribution in [0.15, 0.2) is 95.5 Å². The highest BCUT2D eigenvalue weighted by molar-refractivity contribution is 5.79. The summed E-state index contributed by atoms with van der Waals surface area (Å²) in [6, 6.07) is 30.2. The van der Waals surface area contributed by atoms with Crippen LogP contribution >= 0.6 is 0 Å². The summed E-state index contributed by atoms with van der Waals surface area (Å²) in [6.07, 6.45) is 0.444. The predicted octanol–water partition coefficient (Wildman–Crippen LogP) is 4.88. The lowest BCUT2D eigenvalue weighted by Gasteiger charge is -2.38. The lowest BCUT2D eigenvalue weighted by molar-refractivity contribution is -0.136. The quantitative estimate of drug-likeness (QED) is 0.455. The lowest BCUT2D eigenvalue weighted by Crippen LogP contribution is -2.48. The molecule has 1 aliphatic heterocycles. The van der Waals surface area contributed by atoms with Gasteiger partial charge in [0.2, 0.25) is 17.6 Å². The number of hydrogen-bond acceptors (Lipinski definition) is 4. The number of nitrogens with zero attached hydrogens (tertiary/aromatic N) is 3. The van der Waals surface area contributed by atoms with Crippen LogP contribution in [0.1, 0.15) is 35.3 Å².